The zero-order valence-corrected chi connectivity index (χ0v) is 16.8. The molecule has 1 aromatic rings. The molecule has 0 aliphatic heterocycles. The monoisotopic (exact) mass is 402 g/mol. The van der Waals surface area contributed by atoms with Crippen molar-refractivity contribution < 1.29 is 24.2 Å². The lowest BCUT2D eigenvalue weighted by molar-refractivity contribution is -0.313. The van der Waals surface area contributed by atoms with E-state index in [1.807, 2.05) is 12.2 Å². The van der Waals surface area contributed by atoms with Gasteiger partial charge in [0.15, 0.2) is 0 Å². The number of hydrogen-bond acceptors (Lipinski definition) is 6. The summed E-state index contributed by atoms with van der Waals surface area (Å²) in [7, 11) is 0. The number of esters is 1. The molecule has 0 saturated heterocycles. The molecular formula is C21H24NO5S-. The molecule has 1 fully saturated rings. The summed E-state index contributed by atoms with van der Waals surface area (Å²) in [6, 6.07) is 0. The Balaban J connectivity index is 1.64. The third kappa shape index (κ3) is 3.15. The first kappa shape index (κ1) is 19.2. The number of carbonyl (C=O) groups excluding carboxylic acids is 3. The zero-order chi connectivity index (χ0) is 20.0. The first-order valence-corrected chi connectivity index (χ1v) is 10.7. The van der Waals surface area contributed by atoms with Crippen LogP contribution in [-0.2, 0) is 27.2 Å². The fourth-order valence-corrected chi connectivity index (χ4v) is 6.36. The molecule has 0 aromatic carbocycles. The lowest BCUT2D eigenvalue weighted by atomic mass is 9.82. The Morgan fingerprint density at radius 3 is 2.64 bits per heavy atom. The molecular weight excluding hydrogens is 378 g/mol. The van der Waals surface area contributed by atoms with Crippen molar-refractivity contribution in [2.75, 3.05) is 11.9 Å². The molecule has 1 amide bonds. The number of anilines is 1. The molecule has 5 atom stereocenters. The van der Waals surface area contributed by atoms with E-state index in [1.165, 1.54) is 11.3 Å². The second-order valence-corrected chi connectivity index (χ2v) is 9.19. The van der Waals surface area contributed by atoms with E-state index in [4.69, 9.17) is 4.74 Å². The van der Waals surface area contributed by atoms with Gasteiger partial charge in [0.2, 0.25) is 5.91 Å². The summed E-state index contributed by atoms with van der Waals surface area (Å²) in [6.45, 7) is 4.19. The van der Waals surface area contributed by atoms with Crippen LogP contribution in [0.15, 0.2) is 12.2 Å². The lowest BCUT2D eigenvalue weighted by Gasteiger charge is -2.27. The number of fused-ring (bicyclic) bond motifs is 3. The largest absolute Gasteiger partial charge is 0.550 e. The van der Waals surface area contributed by atoms with Crippen LogP contribution >= 0.6 is 11.3 Å². The molecule has 3 aliphatic carbocycles. The first-order valence-electron chi connectivity index (χ1n) is 9.92. The number of carboxylic acids is 1. The van der Waals surface area contributed by atoms with Crippen LogP contribution in [0.1, 0.15) is 47.5 Å². The van der Waals surface area contributed by atoms with Crippen LogP contribution in [0.25, 0.3) is 0 Å². The summed E-state index contributed by atoms with van der Waals surface area (Å²) in [5.74, 6) is -3.12. The summed E-state index contributed by atoms with van der Waals surface area (Å²) in [5, 5.41) is 15.0. The number of carboxylic acid groups (broad SMARTS) is 1. The minimum atomic E-state index is -1.18. The maximum absolute atomic E-state index is 13.0. The van der Waals surface area contributed by atoms with Crippen molar-refractivity contribution in [2.24, 2.45) is 29.6 Å². The number of rotatable bonds is 5. The highest BCUT2D eigenvalue weighted by molar-refractivity contribution is 7.17. The number of carbonyl (C=O) groups is 3. The van der Waals surface area contributed by atoms with Crippen molar-refractivity contribution in [1.82, 2.24) is 0 Å². The van der Waals surface area contributed by atoms with E-state index in [2.05, 4.69) is 12.2 Å². The highest BCUT2D eigenvalue weighted by Gasteiger charge is 2.49. The summed E-state index contributed by atoms with van der Waals surface area (Å²) in [5.41, 5.74) is 1.42. The van der Waals surface area contributed by atoms with Gasteiger partial charge in [-0.1, -0.05) is 19.1 Å². The van der Waals surface area contributed by atoms with Crippen molar-refractivity contribution >= 4 is 34.2 Å². The smallest absolute Gasteiger partial charge is 0.341 e. The van der Waals surface area contributed by atoms with Gasteiger partial charge in [-0.2, -0.15) is 0 Å². The fraction of sp³-hybridized carbons (Fsp3) is 0.571. The molecule has 150 valence electrons. The van der Waals surface area contributed by atoms with E-state index >= 15 is 0 Å². The van der Waals surface area contributed by atoms with E-state index in [9.17, 15) is 19.5 Å². The van der Waals surface area contributed by atoms with E-state index in [-0.39, 0.29) is 24.3 Å². The van der Waals surface area contributed by atoms with Crippen LogP contribution in [0, 0.1) is 29.6 Å². The summed E-state index contributed by atoms with van der Waals surface area (Å²) in [6.07, 6.45) is 7.13. The Labute approximate surface area is 168 Å². The minimum absolute atomic E-state index is 0.0893. The van der Waals surface area contributed by atoms with Gasteiger partial charge in [-0.15, -0.1) is 11.3 Å². The molecule has 2 bridgehead atoms. The summed E-state index contributed by atoms with van der Waals surface area (Å²) in [4.78, 5) is 38.4. The molecule has 7 heteroatoms. The van der Waals surface area contributed by atoms with Crippen molar-refractivity contribution in [2.45, 2.75) is 39.5 Å². The Morgan fingerprint density at radius 2 is 1.96 bits per heavy atom. The van der Waals surface area contributed by atoms with Crippen molar-refractivity contribution in [1.29, 1.82) is 0 Å². The Kier molecular flexibility index (Phi) is 5.04. The lowest BCUT2D eigenvalue weighted by Crippen LogP contribution is -2.42. The molecule has 4 rings (SSSR count). The van der Waals surface area contributed by atoms with E-state index in [0.29, 0.717) is 22.9 Å². The Hall–Kier alpha value is -2.15. The number of amides is 1. The maximum Gasteiger partial charge on any atom is 0.341 e. The average Bonchev–Trinajstić information content (AvgIpc) is 3.33. The van der Waals surface area contributed by atoms with Gasteiger partial charge in [0.25, 0.3) is 0 Å². The maximum atomic E-state index is 13.0. The second-order valence-electron chi connectivity index (χ2n) is 8.08. The SMILES string of the molecule is CCOC(=O)c1c(NC(=O)[C@@H]2[C@@H](C(=O)[O-])[C@H]3C=C[C@@H]2C3)sc2c1CC[C@@H](C)C2. The predicted octanol–water partition coefficient (Wildman–Crippen LogP) is 2.18. The van der Waals surface area contributed by atoms with Crippen molar-refractivity contribution in [3.63, 3.8) is 0 Å². The molecule has 1 heterocycles. The predicted molar refractivity (Wildman–Crippen MR) is 103 cm³/mol. The Morgan fingerprint density at radius 1 is 1.25 bits per heavy atom. The molecule has 0 unspecified atom stereocenters. The van der Waals surface area contributed by atoms with E-state index in [1.54, 1.807) is 6.92 Å². The van der Waals surface area contributed by atoms with Gasteiger partial charge in [0.1, 0.15) is 5.00 Å². The number of thiophene rings is 1. The summed E-state index contributed by atoms with van der Waals surface area (Å²) >= 11 is 1.42. The van der Waals surface area contributed by atoms with Crippen molar-refractivity contribution in [3.05, 3.63) is 28.2 Å². The molecule has 1 N–H and O–H groups in total. The van der Waals surface area contributed by atoms with Crippen molar-refractivity contribution in [3.8, 4) is 0 Å². The van der Waals surface area contributed by atoms with Crippen LogP contribution in [0.5, 0.6) is 0 Å². The van der Waals surface area contributed by atoms with Gasteiger partial charge >= 0.3 is 5.97 Å². The van der Waals surface area contributed by atoms with E-state index in [0.717, 1.165) is 29.7 Å². The second kappa shape index (κ2) is 7.35. The van der Waals surface area contributed by atoms with Gasteiger partial charge in [-0.25, -0.2) is 4.79 Å². The normalized spacial score (nSPS) is 30.1. The Bertz CT molecular complexity index is 857. The van der Waals surface area contributed by atoms with Crippen LogP contribution in [-0.4, -0.2) is 24.5 Å². The standard InChI is InChI=1S/C21H25NO5S/c1-3-27-21(26)17-13-7-4-10(2)8-14(13)28-19(17)22-18(23)15-11-5-6-12(9-11)16(15)20(24)25/h5-6,10-12,15-16H,3-4,7-9H2,1-2H3,(H,22,23)(H,24,25)/p-1/t10-,11-,12+,15+,16+/m1/s1. The highest BCUT2D eigenvalue weighted by Crippen LogP contribution is 2.49. The molecule has 1 saturated carbocycles. The average molecular weight is 402 g/mol. The topological polar surface area (TPSA) is 95.5 Å². The number of ether oxygens (including phenoxy) is 1. The highest BCUT2D eigenvalue weighted by atomic mass is 32.1. The van der Waals surface area contributed by atoms with E-state index < -0.39 is 23.8 Å². The summed E-state index contributed by atoms with van der Waals surface area (Å²) < 4.78 is 5.24. The van der Waals surface area contributed by atoms with Gasteiger partial charge in [-0.05, 0) is 55.9 Å². The zero-order valence-electron chi connectivity index (χ0n) is 16.0. The van der Waals surface area contributed by atoms with Crippen LogP contribution in [0.2, 0.25) is 0 Å². The molecule has 1 aromatic heterocycles. The van der Waals surface area contributed by atoms with Gasteiger partial charge < -0.3 is 20.0 Å². The molecule has 28 heavy (non-hydrogen) atoms. The van der Waals surface area contributed by atoms with Gasteiger partial charge in [-0.3, -0.25) is 4.79 Å². The number of allylic oxidation sites excluding steroid dienone is 2. The number of nitrogens with one attached hydrogen (secondary N) is 1. The third-order valence-electron chi connectivity index (χ3n) is 6.26. The fourth-order valence-electron chi connectivity index (χ4n) is 4.95. The van der Waals surface area contributed by atoms with Crippen LogP contribution < -0.4 is 10.4 Å². The van der Waals surface area contributed by atoms with Gasteiger partial charge in [0.05, 0.1) is 18.1 Å². The molecule has 6 nitrogen and oxygen atoms in total. The van der Waals surface area contributed by atoms with Crippen LogP contribution in [0.4, 0.5) is 5.00 Å². The quantitative estimate of drug-likeness (QED) is 0.602. The number of aliphatic carboxylic acids is 1. The van der Waals surface area contributed by atoms with Crippen LogP contribution in [0.3, 0.4) is 0 Å². The third-order valence-corrected chi connectivity index (χ3v) is 7.43. The molecule has 0 spiro atoms. The van der Waals surface area contributed by atoms with Gasteiger partial charge in [0, 0.05) is 16.8 Å². The number of hydrogen-bond donors (Lipinski definition) is 1. The minimum Gasteiger partial charge on any atom is -0.550 e. The molecule has 3 aliphatic rings. The first-order chi connectivity index (χ1) is 13.4. The molecule has 0 radical (unpaired) electrons.